The molecule has 2 nitrogen and oxygen atoms in total. The molecule has 1 saturated carbocycles. The van der Waals surface area contributed by atoms with E-state index in [1.54, 1.807) is 13.2 Å². The van der Waals surface area contributed by atoms with Crippen molar-refractivity contribution in [3.63, 3.8) is 0 Å². The Hall–Kier alpha value is -1.09. The minimum atomic E-state index is -0.170. The largest absolute Gasteiger partial charge is 0.381 e. The summed E-state index contributed by atoms with van der Waals surface area (Å²) in [5.41, 5.74) is 1.59. The van der Waals surface area contributed by atoms with Crippen LogP contribution in [0.25, 0.3) is 0 Å². The van der Waals surface area contributed by atoms with Gasteiger partial charge in [-0.05, 0) is 31.4 Å². The van der Waals surface area contributed by atoms with E-state index in [4.69, 9.17) is 4.74 Å². The van der Waals surface area contributed by atoms with E-state index in [1.165, 1.54) is 6.07 Å². The van der Waals surface area contributed by atoms with Crippen molar-refractivity contribution in [1.82, 2.24) is 0 Å². The second-order valence-electron chi connectivity index (χ2n) is 4.10. The number of halogens is 1. The van der Waals surface area contributed by atoms with Crippen molar-refractivity contribution in [3.8, 4) is 0 Å². The van der Waals surface area contributed by atoms with Crippen LogP contribution >= 0.6 is 0 Å². The highest BCUT2D eigenvalue weighted by molar-refractivity contribution is 5.52. The fraction of sp³-hybridized carbons (Fsp3) is 0.500. The van der Waals surface area contributed by atoms with Gasteiger partial charge < -0.3 is 10.1 Å². The molecule has 0 heterocycles. The highest BCUT2D eigenvalue weighted by Gasteiger charge is 2.29. The summed E-state index contributed by atoms with van der Waals surface area (Å²) in [5, 5.41) is 3.22. The molecular weight excluding hydrogens is 193 g/mol. The maximum absolute atomic E-state index is 13.5. The first-order chi connectivity index (χ1) is 7.20. The molecule has 0 saturated heterocycles. The Bertz CT molecular complexity index is 327. The molecule has 3 heteroatoms. The van der Waals surface area contributed by atoms with E-state index < -0.39 is 0 Å². The Labute approximate surface area is 89.4 Å². The lowest BCUT2D eigenvalue weighted by atomic mass is 9.89. The molecule has 0 bridgehead atoms. The lowest BCUT2D eigenvalue weighted by Crippen LogP contribution is -2.40. The average Bonchev–Trinajstić information content (AvgIpc) is 2.14. The molecule has 1 aromatic carbocycles. The van der Waals surface area contributed by atoms with Gasteiger partial charge in [-0.25, -0.2) is 4.39 Å². The van der Waals surface area contributed by atoms with Crippen LogP contribution in [0.1, 0.15) is 18.4 Å². The monoisotopic (exact) mass is 209 g/mol. The molecule has 15 heavy (non-hydrogen) atoms. The summed E-state index contributed by atoms with van der Waals surface area (Å²) in [4.78, 5) is 0. The average molecular weight is 209 g/mol. The van der Waals surface area contributed by atoms with Gasteiger partial charge in [-0.2, -0.15) is 0 Å². The molecule has 1 aliphatic rings. The number of methoxy groups -OCH3 is 1. The maximum Gasteiger partial charge on any atom is 0.146 e. The number of benzene rings is 1. The normalized spacial score (nSPS) is 24.7. The lowest BCUT2D eigenvalue weighted by molar-refractivity contribution is 0.0328. The Morgan fingerprint density at radius 2 is 2.13 bits per heavy atom. The van der Waals surface area contributed by atoms with E-state index in [1.807, 2.05) is 13.0 Å². The third-order valence-electron chi connectivity index (χ3n) is 3.00. The zero-order chi connectivity index (χ0) is 10.8. The number of anilines is 1. The van der Waals surface area contributed by atoms with Gasteiger partial charge >= 0.3 is 0 Å². The number of nitrogens with one attached hydrogen (secondary N) is 1. The van der Waals surface area contributed by atoms with Crippen molar-refractivity contribution in [1.29, 1.82) is 0 Å². The first-order valence-corrected chi connectivity index (χ1v) is 5.25. The standard InChI is InChI=1S/C12H16FNO/c1-8-4-3-5-11(13)12(8)14-9-6-10(7-9)15-2/h3-5,9-10,14H,6-7H2,1-2H3. The van der Waals surface area contributed by atoms with Crippen LogP contribution in [0.2, 0.25) is 0 Å². The van der Waals surface area contributed by atoms with Gasteiger partial charge in [0.2, 0.25) is 0 Å². The van der Waals surface area contributed by atoms with Crippen molar-refractivity contribution in [3.05, 3.63) is 29.6 Å². The van der Waals surface area contributed by atoms with E-state index in [2.05, 4.69) is 5.32 Å². The van der Waals surface area contributed by atoms with E-state index in [0.717, 1.165) is 18.4 Å². The van der Waals surface area contributed by atoms with Crippen molar-refractivity contribution in [2.24, 2.45) is 0 Å². The summed E-state index contributed by atoms with van der Waals surface area (Å²) in [6.07, 6.45) is 2.27. The molecule has 0 aromatic heterocycles. The van der Waals surface area contributed by atoms with Gasteiger partial charge in [-0.3, -0.25) is 0 Å². The fourth-order valence-electron chi connectivity index (χ4n) is 1.89. The van der Waals surface area contributed by atoms with Gasteiger partial charge in [-0.1, -0.05) is 12.1 Å². The predicted octanol–water partition coefficient (Wildman–Crippen LogP) is 2.72. The van der Waals surface area contributed by atoms with Gasteiger partial charge in [0.25, 0.3) is 0 Å². The minimum Gasteiger partial charge on any atom is -0.381 e. The number of hydrogen-bond donors (Lipinski definition) is 1. The van der Waals surface area contributed by atoms with Crippen LogP contribution < -0.4 is 5.32 Å². The highest BCUT2D eigenvalue weighted by Crippen LogP contribution is 2.28. The van der Waals surface area contributed by atoms with Gasteiger partial charge in [0.15, 0.2) is 0 Å². The van der Waals surface area contributed by atoms with E-state index in [9.17, 15) is 4.39 Å². The van der Waals surface area contributed by atoms with Crippen LogP contribution in [0, 0.1) is 12.7 Å². The molecule has 2 rings (SSSR count). The van der Waals surface area contributed by atoms with Gasteiger partial charge in [0, 0.05) is 13.2 Å². The van der Waals surface area contributed by atoms with Crippen LogP contribution in [0.15, 0.2) is 18.2 Å². The number of aryl methyl sites for hydroxylation is 1. The third kappa shape index (κ3) is 2.12. The molecule has 1 fully saturated rings. The minimum absolute atomic E-state index is 0.170. The molecule has 0 unspecified atom stereocenters. The Morgan fingerprint density at radius 3 is 2.73 bits per heavy atom. The van der Waals surface area contributed by atoms with Crippen LogP contribution in [-0.2, 0) is 4.74 Å². The molecule has 0 radical (unpaired) electrons. The number of hydrogen-bond acceptors (Lipinski definition) is 2. The molecule has 1 N–H and O–H groups in total. The van der Waals surface area contributed by atoms with Crippen LogP contribution in [-0.4, -0.2) is 19.3 Å². The van der Waals surface area contributed by atoms with Gasteiger partial charge in [0.05, 0.1) is 11.8 Å². The first-order valence-electron chi connectivity index (χ1n) is 5.25. The van der Waals surface area contributed by atoms with Crippen LogP contribution in [0.5, 0.6) is 0 Å². The van der Waals surface area contributed by atoms with Crippen molar-refractivity contribution in [2.45, 2.75) is 31.9 Å². The van der Waals surface area contributed by atoms with E-state index in [0.29, 0.717) is 17.8 Å². The van der Waals surface area contributed by atoms with Crippen molar-refractivity contribution >= 4 is 5.69 Å². The molecule has 1 aromatic rings. The van der Waals surface area contributed by atoms with Gasteiger partial charge in [-0.15, -0.1) is 0 Å². The Morgan fingerprint density at radius 1 is 1.40 bits per heavy atom. The van der Waals surface area contributed by atoms with Crippen molar-refractivity contribution in [2.75, 3.05) is 12.4 Å². The molecule has 0 amide bonds. The Kier molecular flexibility index (Phi) is 2.91. The molecular formula is C12H16FNO. The molecule has 82 valence electrons. The summed E-state index contributed by atoms with van der Waals surface area (Å²) in [6, 6.07) is 5.49. The topological polar surface area (TPSA) is 21.3 Å². The summed E-state index contributed by atoms with van der Waals surface area (Å²) < 4.78 is 18.6. The summed E-state index contributed by atoms with van der Waals surface area (Å²) >= 11 is 0. The third-order valence-corrected chi connectivity index (χ3v) is 3.00. The lowest BCUT2D eigenvalue weighted by Gasteiger charge is -2.35. The number of para-hydroxylation sites is 1. The summed E-state index contributed by atoms with van der Waals surface area (Å²) in [6.45, 7) is 1.91. The Balaban J connectivity index is 2.00. The molecule has 0 aliphatic heterocycles. The zero-order valence-electron chi connectivity index (χ0n) is 9.09. The van der Waals surface area contributed by atoms with Crippen molar-refractivity contribution < 1.29 is 9.13 Å². The SMILES string of the molecule is COC1CC(Nc2c(C)cccc2F)C1. The quantitative estimate of drug-likeness (QED) is 0.826. The van der Waals surface area contributed by atoms with Crippen LogP contribution in [0.3, 0.4) is 0 Å². The van der Waals surface area contributed by atoms with Gasteiger partial charge in [0.1, 0.15) is 5.82 Å². The maximum atomic E-state index is 13.5. The molecule has 0 atom stereocenters. The summed E-state index contributed by atoms with van der Waals surface area (Å²) in [7, 11) is 1.72. The first kappa shape index (κ1) is 10.4. The van der Waals surface area contributed by atoms with E-state index >= 15 is 0 Å². The second-order valence-corrected chi connectivity index (χ2v) is 4.10. The molecule has 0 spiro atoms. The number of rotatable bonds is 3. The fourth-order valence-corrected chi connectivity index (χ4v) is 1.89. The second kappa shape index (κ2) is 4.19. The molecule has 1 aliphatic carbocycles. The smallest absolute Gasteiger partial charge is 0.146 e. The summed E-state index contributed by atoms with van der Waals surface area (Å²) in [5.74, 6) is -0.170. The van der Waals surface area contributed by atoms with Crippen LogP contribution in [0.4, 0.5) is 10.1 Å². The zero-order valence-corrected chi connectivity index (χ0v) is 9.09. The predicted molar refractivity (Wildman–Crippen MR) is 58.6 cm³/mol. The van der Waals surface area contributed by atoms with E-state index in [-0.39, 0.29) is 5.82 Å². The highest BCUT2D eigenvalue weighted by atomic mass is 19.1. The number of ether oxygens (including phenoxy) is 1.